The third-order valence-corrected chi connectivity index (χ3v) is 4.32. The van der Waals surface area contributed by atoms with Crippen molar-refractivity contribution in [1.82, 2.24) is 5.32 Å². The summed E-state index contributed by atoms with van der Waals surface area (Å²) in [4.78, 5) is 12.5. The van der Waals surface area contributed by atoms with Gasteiger partial charge in [-0.05, 0) is 37.1 Å². The Morgan fingerprint density at radius 3 is 2.50 bits per heavy atom. The topological polar surface area (TPSA) is 55.1 Å². The van der Waals surface area contributed by atoms with Gasteiger partial charge < -0.3 is 11.1 Å². The van der Waals surface area contributed by atoms with Crippen molar-refractivity contribution in [1.29, 1.82) is 0 Å². The van der Waals surface area contributed by atoms with E-state index in [0.717, 1.165) is 15.6 Å². The molecule has 0 spiro atoms. The molecule has 0 saturated carbocycles. The van der Waals surface area contributed by atoms with Crippen LogP contribution in [-0.4, -0.2) is 12.5 Å². The molecule has 1 amide bonds. The molecule has 4 heteroatoms. The zero-order chi connectivity index (χ0) is 16.2. The lowest BCUT2D eigenvalue weighted by Gasteiger charge is -2.25. The Morgan fingerprint density at radius 2 is 1.86 bits per heavy atom. The number of rotatable bonds is 5. The number of halogens is 1. The van der Waals surface area contributed by atoms with Gasteiger partial charge in [0.25, 0.3) is 0 Å². The number of amides is 1. The van der Waals surface area contributed by atoms with Crippen molar-refractivity contribution in [3.05, 3.63) is 70.2 Å². The van der Waals surface area contributed by atoms with Gasteiger partial charge in [0, 0.05) is 17.1 Å². The van der Waals surface area contributed by atoms with Crippen LogP contribution in [0.3, 0.4) is 0 Å². The summed E-state index contributed by atoms with van der Waals surface area (Å²) in [6.07, 6.45) is 0. The predicted molar refractivity (Wildman–Crippen MR) is 93.5 cm³/mol. The number of carbonyl (C=O) groups is 1. The lowest BCUT2D eigenvalue weighted by Crippen LogP contribution is -2.42. The predicted octanol–water partition coefficient (Wildman–Crippen LogP) is 3.54. The fraction of sp³-hybridized carbons (Fsp3) is 0.278. The maximum Gasteiger partial charge on any atom is 0.230 e. The van der Waals surface area contributed by atoms with E-state index in [2.05, 4.69) is 21.2 Å². The summed E-state index contributed by atoms with van der Waals surface area (Å²) < 4.78 is 0.965. The van der Waals surface area contributed by atoms with Gasteiger partial charge in [0.2, 0.25) is 5.91 Å². The van der Waals surface area contributed by atoms with Gasteiger partial charge in [-0.3, -0.25) is 4.79 Å². The van der Waals surface area contributed by atoms with E-state index in [1.165, 1.54) is 0 Å². The highest BCUT2D eigenvalue weighted by atomic mass is 79.9. The SMILES string of the molecule is CC(C)(C(=O)NCC(N)c1ccccc1)c1cccc(Br)c1. The van der Waals surface area contributed by atoms with Crippen LogP contribution in [-0.2, 0) is 10.2 Å². The van der Waals surface area contributed by atoms with Crippen molar-refractivity contribution in [2.45, 2.75) is 25.3 Å². The lowest BCUT2D eigenvalue weighted by atomic mass is 9.83. The summed E-state index contributed by atoms with van der Waals surface area (Å²) in [5, 5.41) is 2.96. The summed E-state index contributed by atoms with van der Waals surface area (Å²) in [7, 11) is 0. The maximum absolute atomic E-state index is 12.5. The first-order valence-electron chi connectivity index (χ1n) is 7.26. The average Bonchev–Trinajstić information content (AvgIpc) is 2.53. The molecule has 0 heterocycles. The zero-order valence-corrected chi connectivity index (χ0v) is 14.4. The maximum atomic E-state index is 12.5. The second-order valence-corrected chi connectivity index (χ2v) is 6.78. The molecule has 2 aromatic rings. The van der Waals surface area contributed by atoms with Crippen LogP contribution in [0.4, 0.5) is 0 Å². The molecule has 22 heavy (non-hydrogen) atoms. The standard InChI is InChI=1S/C18H21BrN2O/c1-18(2,14-9-6-10-15(19)11-14)17(22)21-12-16(20)13-7-4-3-5-8-13/h3-11,16H,12,20H2,1-2H3,(H,21,22). The smallest absolute Gasteiger partial charge is 0.230 e. The van der Waals surface area contributed by atoms with E-state index in [-0.39, 0.29) is 11.9 Å². The van der Waals surface area contributed by atoms with E-state index in [1.807, 2.05) is 68.4 Å². The Labute approximate surface area is 140 Å². The summed E-state index contributed by atoms with van der Waals surface area (Å²) in [6, 6.07) is 17.4. The second kappa shape index (κ2) is 7.07. The zero-order valence-electron chi connectivity index (χ0n) is 12.8. The van der Waals surface area contributed by atoms with E-state index in [0.29, 0.717) is 6.54 Å². The molecule has 0 aliphatic carbocycles. The lowest BCUT2D eigenvalue weighted by molar-refractivity contribution is -0.125. The minimum absolute atomic E-state index is 0.0306. The first-order valence-corrected chi connectivity index (χ1v) is 8.05. The highest BCUT2D eigenvalue weighted by Gasteiger charge is 2.29. The molecule has 0 aliphatic rings. The largest absolute Gasteiger partial charge is 0.353 e. The number of benzene rings is 2. The van der Waals surface area contributed by atoms with Crippen molar-refractivity contribution < 1.29 is 4.79 Å². The highest BCUT2D eigenvalue weighted by Crippen LogP contribution is 2.26. The molecule has 3 nitrogen and oxygen atoms in total. The minimum Gasteiger partial charge on any atom is -0.353 e. The van der Waals surface area contributed by atoms with E-state index in [9.17, 15) is 4.79 Å². The molecule has 2 aromatic carbocycles. The van der Waals surface area contributed by atoms with E-state index >= 15 is 0 Å². The molecular weight excluding hydrogens is 340 g/mol. The normalized spacial score (nSPS) is 12.7. The fourth-order valence-electron chi connectivity index (χ4n) is 2.25. The van der Waals surface area contributed by atoms with Crippen LogP contribution in [0.1, 0.15) is 31.0 Å². The molecule has 0 saturated heterocycles. The summed E-state index contributed by atoms with van der Waals surface area (Å²) in [5.74, 6) is -0.0306. The molecule has 0 radical (unpaired) electrons. The van der Waals surface area contributed by atoms with Crippen LogP contribution in [0.15, 0.2) is 59.1 Å². The van der Waals surface area contributed by atoms with E-state index < -0.39 is 5.41 Å². The Hall–Kier alpha value is -1.65. The van der Waals surface area contributed by atoms with Crippen molar-refractivity contribution in [3.8, 4) is 0 Å². The summed E-state index contributed by atoms with van der Waals surface area (Å²) in [5.41, 5.74) is 7.50. The van der Waals surface area contributed by atoms with Crippen molar-refractivity contribution in [2.75, 3.05) is 6.54 Å². The fourth-order valence-corrected chi connectivity index (χ4v) is 2.65. The Balaban J connectivity index is 2.02. The van der Waals surface area contributed by atoms with Gasteiger partial charge in [0.05, 0.1) is 5.41 Å². The number of hydrogen-bond donors (Lipinski definition) is 2. The molecule has 116 valence electrons. The van der Waals surface area contributed by atoms with Crippen LogP contribution in [0.2, 0.25) is 0 Å². The first-order chi connectivity index (χ1) is 10.4. The van der Waals surface area contributed by atoms with E-state index in [4.69, 9.17) is 5.73 Å². The second-order valence-electron chi connectivity index (χ2n) is 5.86. The number of nitrogens with two attached hydrogens (primary N) is 1. The quantitative estimate of drug-likeness (QED) is 0.856. The molecular formula is C18H21BrN2O. The van der Waals surface area contributed by atoms with Gasteiger partial charge in [0.15, 0.2) is 0 Å². The minimum atomic E-state index is -0.611. The molecule has 0 aliphatic heterocycles. The number of hydrogen-bond acceptors (Lipinski definition) is 2. The van der Waals surface area contributed by atoms with Gasteiger partial charge in [-0.15, -0.1) is 0 Å². The number of nitrogens with one attached hydrogen (secondary N) is 1. The van der Waals surface area contributed by atoms with Gasteiger partial charge >= 0.3 is 0 Å². The average molecular weight is 361 g/mol. The molecule has 3 N–H and O–H groups in total. The van der Waals surface area contributed by atoms with Crippen LogP contribution in [0.25, 0.3) is 0 Å². The summed E-state index contributed by atoms with van der Waals surface area (Å²) in [6.45, 7) is 4.25. The number of carbonyl (C=O) groups excluding carboxylic acids is 1. The van der Waals surface area contributed by atoms with Gasteiger partial charge in [-0.25, -0.2) is 0 Å². The Kier molecular flexibility index (Phi) is 5.37. The molecule has 0 bridgehead atoms. The molecule has 1 atom stereocenters. The first kappa shape index (κ1) is 16.7. The summed E-state index contributed by atoms with van der Waals surface area (Å²) >= 11 is 3.44. The molecule has 0 fully saturated rings. The third kappa shape index (κ3) is 3.96. The van der Waals surface area contributed by atoms with Gasteiger partial charge in [0.1, 0.15) is 0 Å². The van der Waals surface area contributed by atoms with Gasteiger partial charge in [-0.2, -0.15) is 0 Å². The molecule has 2 rings (SSSR count). The monoisotopic (exact) mass is 360 g/mol. The molecule has 1 unspecified atom stereocenters. The van der Waals surface area contributed by atoms with Crippen molar-refractivity contribution in [3.63, 3.8) is 0 Å². The van der Waals surface area contributed by atoms with Gasteiger partial charge in [-0.1, -0.05) is 58.4 Å². The van der Waals surface area contributed by atoms with Crippen LogP contribution < -0.4 is 11.1 Å². The Bertz CT molecular complexity index is 641. The van der Waals surface area contributed by atoms with Crippen molar-refractivity contribution in [2.24, 2.45) is 5.73 Å². The highest BCUT2D eigenvalue weighted by molar-refractivity contribution is 9.10. The van der Waals surface area contributed by atoms with Crippen molar-refractivity contribution >= 4 is 21.8 Å². The Morgan fingerprint density at radius 1 is 1.18 bits per heavy atom. The van der Waals surface area contributed by atoms with Crippen LogP contribution >= 0.6 is 15.9 Å². The van der Waals surface area contributed by atoms with E-state index in [1.54, 1.807) is 0 Å². The third-order valence-electron chi connectivity index (χ3n) is 3.82. The molecule has 0 aromatic heterocycles. The van der Waals surface area contributed by atoms with Crippen LogP contribution in [0, 0.1) is 0 Å². The van der Waals surface area contributed by atoms with Crippen LogP contribution in [0.5, 0.6) is 0 Å².